The molecule has 1 atom stereocenters. The van der Waals surface area contributed by atoms with Gasteiger partial charge in [0, 0.05) is 29.6 Å². The SMILES string of the molecule is O=C(C1CCCCC1)C(CCN1CC=C(c2cccc3ccsc23)CC1)c1ccccc1.O=C(O)C(=O)O. The van der Waals surface area contributed by atoms with Crippen LogP contribution in [-0.4, -0.2) is 52.5 Å². The van der Waals surface area contributed by atoms with Gasteiger partial charge in [-0.3, -0.25) is 9.69 Å². The summed E-state index contributed by atoms with van der Waals surface area (Å²) in [4.78, 5) is 34.2. The third-order valence-electron chi connectivity index (χ3n) is 7.59. The maximum atomic E-state index is 13.5. The lowest BCUT2D eigenvalue weighted by Gasteiger charge is -2.30. The van der Waals surface area contributed by atoms with Crippen LogP contribution in [0.4, 0.5) is 0 Å². The molecule has 1 unspecified atom stereocenters. The second-order valence-corrected chi connectivity index (χ2v) is 10.9. The lowest BCUT2D eigenvalue weighted by atomic mass is 9.78. The summed E-state index contributed by atoms with van der Waals surface area (Å²) in [6, 6.07) is 19.4. The number of carboxylic acids is 2. The van der Waals surface area contributed by atoms with Crippen LogP contribution in [0.15, 0.2) is 66.1 Å². The summed E-state index contributed by atoms with van der Waals surface area (Å²) in [5.74, 6) is -2.84. The molecule has 200 valence electrons. The van der Waals surface area contributed by atoms with Crippen molar-refractivity contribution in [3.63, 3.8) is 0 Å². The monoisotopic (exact) mass is 533 g/mol. The van der Waals surface area contributed by atoms with Crippen molar-refractivity contribution in [3.8, 4) is 0 Å². The van der Waals surface area contributed by atoms with Gasteiger partial charge >= 0.3 is 11.9 Å². The Morgan fingerprint density at radius 3 is 2.32 bits per heavy atom. The second-order valence-electron chi connectivity index (χ2n) is 10.0. The van der Waals surface area contributed by atoms with Gasteiger partial charge in [-0.2, -0.15) is 0 Å². The molecule has 0 radical (unpaired) electrons. The molecule has 3 aromatic rings. The fraction of sp³-hybridized carbons (Fsp3) is 0.387. The van der Waals surface area contributed by atoms with Crippen molar-refractivity contribution in [2.45, 2.75) is 50.9 Å². The third-order valence-corrected chi connectivity index (χ3v) is 8.55. The second kappa shape index (κ2) is 13.5. The molecule has 1 aliphatic heterocycles. The highest BCUT2D eigenvalue weighted by atomic mass is 32.1. The van der Waals surface area contributed by atoms with Crippen LogP contribution in [-0.2, 0) is 14.4 Å². The Morgan fingerprint density at radius 2 is 1.66 bits per heavy atom. The Balaban J connectivity index is 0.000000505. The van der Waals surface area contributed by atoms with Crippen molar-refractivity contribution >= 4 is 44.7 Å². The molecule has 0 spiro atoms. The average Bonchev–Trinajstić information content (AvgIpc) is 3.44. The Bertz CT molecular complexity index is 1260. The summed E-state index contributed by atoms with van der Waals surface area (Å²) in [5.41, 5.74) is 4.10. The van der Waals surface area contributed by atoms with Crippen LogP contribution in [0.1, 0.15) is 62.0 Å². The first-order valence-electron chi connectivity index (χ1n) is 13.4. The summed E-state index contributed by atoms with van der Waals surface area (Å²) < 4.78 is 1.41. The van der Waals surface area contributed by atoms with Crippen LogP contribution in [0.25, 0.3) is 15.7 Å². The van der Waals surface area contributed by atoms with E-state index in [1.807, 2.05) is 11.3 Å². The van der Waals surface area contributed by atoms with Gasteiger partial charge in [0.15, 0.2) is 0 Å². The van der Waals surface area contributed by atoms with E-state index in [2.05, 4.69) is 71.0 Å². The standard InChI is InChI=1S/C29H33NOS.C2H2O4/c31-28(24-10-5-2-6-11-24)26(22-8-3-1-4-9-22)16-20-30-18-14-23(15-19-30)27-13-7-12-25-17-21-32-29(25)27;3-1(4)2(5)6/h1,3-4,7-9,12-14,17,21,24,26H,2,5-6,10-11,15-16,18-20H2;(H,3,4)(H,5,6). The van der Waals surface area contributed by atoms with Gasteiger partial charge in [-0.25, -0.2) is 9.59 Å². The Morgan fingerprint density at radius 1 is 0.921 bits per heavy atom. The van der Waals surface area contributed by atoms with E-state index in [0.29, 0.717) is 5.78 Å². The van der Waals surface area contributed by atoms with E-state index in [1.54, 1.807) is 0 Å². The molecule has 5 rings (SSSR count). The number of thiophene rings is 1. The number of nitrogens with zero attached hydrogens (tertiary/aromatic N) is 1. The van der Waals surface area contributed by atoms with Crippen LogP contribution >= 0.6 is 11.3 Å². The zero-order valence-corrected chi connectivity index (χ0v) is 22.4. The van der Waals surface area contributed by atoms with Crippen LogP contribution in [0.5, 0.6) is 0 Å². The van der Waals surface area contributed by atoms with Gasteiger partial charge in [-0.1, -0.05) is 73.9 Å². The van der Waals surface area contributed by atoms with Crippen LogP contribution in [0, 0.1) is 5.92 Å². The van der Waals surface area contributed by atoms with Gasteiger partial charge in [0.25, 0.3) is 0 Å². The number of carbonyl (C=O) groups excluding carboxylic acids is 1. The number of Topliss-reactive ketones (excluding diaryl/α,β-unsaturated/α-hetero) is 1. The molecule has 6 nitrogen and oxygen atoms in total. The van der Waals surface area contributed by atoms with E-state index in [4.69, 9.17) is 19.8 Å². The van der Waals surface area contributed by atoms with E-state index in [0.717, 1.165) is 45.3 Å². The summed E-state index contributed by atoms with van der Waals surface area (Å²) >= 11 is 1.84. The number of hydrogen-bond donors (Lipinski definition) is 2. The summed E-state index contributed by atoms with van der Waals surface area (Å²) in [5, 5.41) is 18.3. The minimum atomic E-state index is -1.82. The van der Waals surface area contributed by atoms with E-state index in [-0.39, 0.29) is 11.8 Å². The summed E-state index contributed by atoms with van der Waals surface area (Å²) in [6.07, 6.45) is 10.3. The lowest BCUT2D eigenvalue weighted by Crippen LogP contribution is -2.32. The fourth-order valence-corrected chi connectivity index (χ4v) is 6.50. The van der Waals surface area contributed by atoms with Gasteiger partial charge in [-0.05, 0) is 65.8 Å². The van der Waals surface area contributed by atoms with Crippen molar-refractivity contribution in [3.05, 3.63) is 77.2 Å². The van der Waals surface area contributed by atoms with E-state index in [9.17, 15) is 4.79 Å². The molecule has 2 heterocycles. The zero-order chi connectivity index (χ0) is 26.9. The van der Waals surface area contributed by atoms with Gasteiger partial charge in [0.1, 0.15) is 5.78 Å². The molecule has 2 N–H and O–H groups in total. The Labute approximate surface area is 227 Å². The molecule has 2 aromatic carbocycles. The molecule has 7 heteroatoms. The molecule has 2 aliphatic rings. The van der Waals surface area contributed by atoms with Crippen molar-refractivity contribution in [2.75, 3.05) is 19.6 Å². The Kier molecular flexibility index (Phi) is 9.85. The maximum absolute atomic E-state index is 13.5. The van der Waals surface area contributed by atoms with Crippen molar-refractivity contribution in [1.29, 1.82) is 0 Å². The highest BCUT2D eigenvalue weighted by molar-refractivity contribution is 7.17. The molecule has 1 fully saturated rings. The molecule has 38 heavy (non-hydrogen) atoms. The highest BCUT2D eigenvalue weighted by Gasteiger charge is 2.29. The van der Waals surface area contributed by atoms with Gasteiger partial charge in [0.2, 0.25) is 0 Å². The number of carbonyl (C=O) groups is 3. The molecule has 0 saturated heterocycles. The third kappa shape index (κ3) is 7.17. The molecule has 0 amide bonds. The quantitative estimate of drug-likeness (QED) is 0.338. The van der Waals surface area contributed by atoms with Crippen molar-refractivity contribution < 1.29 is 24.6 Å². The van der Waals surface area contributed by atoms with Crippen molar-refractivity contribution in [1.82, 2.24) is 4.90 Å². The Hall–Kier alpha value is -3.29. The molecule has 0 bridgehead atoms. The number of hydrogen-bond acceptors (Lipinski definition) is 5. The van der Waals surface area contributed by atoms with Crippen LogP contribution < -0.4 is 0 Å². The minimum absolute atomic E-state index is 0.0459. The molecular formula is C31H35NO5S. The molecule has 1 aromatic heterocycles. The number of benzene rings is 2. The predicted octanol–water partition coefficient (Wildman–Crippen LogP) is 6.47. The van der Waals surface area contributed by atoms with Gasteiger partial charge in [0.05, 0.1) is 0 Å². The van der Waals surface area contributed by atoms with E-state index >= 15 is 0 Å². The number of fused-ring (bicyclic) bond motifs is 1. The maximum Gasteiger partial charge on any atom is 0.414 e. The molecule has 1 saturated carbocycles. The molecule has 1 aliphatic carbocycles. The number of carboxylic acid groups (broad SMARTS) is 2. The number of ketones is 1. The van der Waals surface area contributed by atoms with Crippen molar-refractivity contribution in [2.24, 2.45) is 5.92 Å². The van der Waals surface area contributed by atoms with Crippen LogP contribution in [0.3, 0.4) is 0 Å². The van der Waals surface area contributed by atoms with Gasteiger partial charge < -0.3 is 10.2 Å². The highest BCUT2D eigenvalue weighted by Crippen LogP contribution is 2.34. The summed E-state index contributed by atoms with van der Waals surface area (Å²) in [6.45, 7) is 3.05. The zero-order valence-electron chi connectivity index (χ0n) is 21.6. The normalized spacial score (nSPS) is 17.2. The topological polar surface area (TPSA) is 94.9 Å². The van der Waals surface area contributed by atoms with Crippen LogP contribution in [0.2, 0.25) is 0 Å². The fourth-order valence-electron chi connectivity index (χ4n) is 5.55. The van der Waals surface area contributed by atoms with E-state index < -0.39 is 11.9 Å². The first kappa shape index (κ1) is 27.7. The summed E-state index contributed by atoms with van der Waals surface area (Å²) in [7, 11) is 0. The largest absolute Gasteiger partial charge is 0.473 e. The smallest absolute Gasteiger partial charge is 0.414 e. The first-order chi connectivity index (χ1) is 18.4. The van der Waals surface area contributed by atoms with Gasteiger partial charge in [-0.15, -0.1) is 11.3 Å². The minimum Gasteiger partial charge on any atom is -0.473 e. The predicted molar refractivity (Wildman–Crippen MR) is 152 cm³/mol. The van der Waals surface area contributed by atoms with E-state index in [1.165, 1.54) is 46.0 Å². The first-order valence-corrected chi connectivity index (χ1v) is 14.2. The molecular weight excluding hydrogens is 498 g/mol. The number of aliphatic carboxylic acids is 2. The number of rotatable bonds is 7. The lowest BCUT2D eigenvalue weighted by molar-refractivity contribution is -0.159. The average molecular weight is 534 g/mol.